The Morgan fingerprint density at radius 3 is 2.57 bits per heavy atom. The number of furan rings is 1. The molecule has 0 saturated heterocycles. The predicted octanol–water partition coefficient (Wildman–Crippen LogP) is 4.75. The second-order valence-corrected chi connectivity index (χ2v) is 6.72. The Labute approximate surface area is 125 Å². The zero-order valence-electron chi connectivity index (χ0n) is 12.5. The van der Waals surface area contributed by atoms with Gasteiger partial charge >= 0.3 is 0 Å². The SMILES string of the molecule is CC1CC1c1ccc(C(O)c2ccccc2C2CCC2)o1. The van der Waals surface area contributed by atoms with Gasteiger partial charge < -0.3 is 9.52 Å². The van der Waals surface area contributed by atoms with Gasteiger partial charge in [-0.15, -0.1) is 0 Å². The smallest absolute Gasteiger partial charge is 0.137 e. The first-order valence-electron chi connectivity index (χ1n) is 8.10. The summed E-state index contributed by atoms with van der Waals surface area (Å²) in [7, 11) is 0. The molecule has 0 aliphatic heterocycles. The standard InChI is InChI=1S/C19H22O2/c1-12-11-16(12)17-9-10-18(21-17)19(20)15-8-3-2-7-14(15)13-5-4-6-13/h2-3,7-10,12-13,16,19-20H,4-6,11H2,1H3. The normalized spacial score (nSPS) is 26.4. The zero-order valence-corrected chi connectivity index (χ0v) is 12.5. The summed E-state index contributed by atoms with van der Waals surface area (Å²) in [6.07, 6.45) is 4.37. The van der Waals surface area contributed by atoms with Crippen molar-refractivity contribution in [1.29, 1.82) is 0 Å². The van der Waals surface area contributed by atoms with Gasteiger partial charge in [-0.1, -0.05) is 37.6 Å². The molecule has 1 aromatic heterocycles. The quantitative estimate of drug-likeness (QED) is 0.877. The van der Waals surface area contributed by atoms with Crippen LogP contribution in [0.1, 0.15) is 73.2 Å². The third kappa shape index (κ3) is 2.32. The van der Waals surface area contributed by atoms with E-state index in [1.807, 2.05) is 24.3 Å². The van der Waals surface area contributed by atoms with Crippen LogP contribution in [0.25, 0.3) is 0 Å². The summed E-state index contributed by atoms with van der Waals surface area (Å²) in [6.45, 7) is 2.25. The highest BCUT2D eigenvalue weighted by molar-refractivity contribution is 5.37. The molecule has 3 atom stereocenters. The summed E-state index contributed by atoms with van der Waals surface area (Å²) in [5.74, 6) is 3.64. The molecule has 1 aromatic carbocycles. The Morgan fingerprint density at radius 2 is 1.90 bits per heavy atom. The molecule has 1 heterocycles. The Kier molecular flexibility index (Phi) is 3.15. The molecule has 2 fully saturated rings. The lowest BCUT2D eigenvalue weighted by molar-refractivity contribution is 0.184. The molecule has 110 valence electrons. The van der Waals surface area contributed by atoms with Gasteiger partial charge in [0, 0.05) is 5.92 Å². The largest absolute Gasteiger partial charge is 0.463 e. The summed E-state index contributed by atoms with van der Waals surface area (Å²) < 4.78 is 5.93. The van der Waals surface area contributed by atoms with Gasteiger partial charge in [-0.25, -0.2) is 0 Å². The maximum atomic E-state index is 10.7. The molecule has 4 rings (SSSR count). The molecule has 1 N–H and O–H groups in total. The van der Waals surface area contributed by atoms with Crippen molar-refractivity contribution in [3.05, 3.63) is 59.0 Å². The number of aliphatic hydroxyl groups excluding tert-OH is 1. The number of rotatable bonds is 4. The molecule has 2 aromatic rings. The lowest BCUT2D eigenvalue weighted by Gasteiger charge is -2.28. The van der Waals surface area contributed by atoms with Gasteiger partial charge in [0.1, 0.15) is 17.6 Å². The van der Waals surface area contributed by atoms with E-state index < -0.39 is 6.10 Å². The van der Waals surface area contributed by atoms with Gasteiger partial charge in [-0.2, -0.15) is 0 Å². The van der Waals surface area contributed by atoms with E-state index in [2.05, 4.69) is 19.1 Å². The highest BCUT2D eigenvalue weighted by Gasteiger charge is 2.37. The van der Waals surface area contributed by atoms with Crippen LogP contribution in [-0.4, -0.2) is 5.11 Å². The summed E-state index contributed by atoms with van der Waals surface area (Å²) in [5.41, 5.74) is 2.32. The van der Waals surface area contributed by atoms with Gasteiger partial charge in [-0.3, -0.25) is 0 Å². The van der Waals surface area contributed by atoms with E-state index in [1.54, 1.807) is 0 Å². The van der Waals surface area contributed by atoms with E-state index in [4.69, 9.17) is 4.42 Å². The summed E-state index contributed by atoms with van der Waals surface area (Å²) >= 11 is 0. The van der Waals surface area contributed by atoms with E-state index in [1.165, 1.54) is 31.2 Å². The first-order valence-corrected chi connectivity index (χ1v) is 8.10. The van der Waals surface area contributed by atoms with Crippen molar-refractivity contribution < 1.29 is 9.52 Å². The maximum Gasteiger partial charge on any atom is 0.137 e. The van der Waals surface area contributed by atoms with Crippen LogP contribution in [0.15, 0.2) is 40.8 Å². The minimum absolute atomic E-state index is 0.563. The van der Waals surface area contributed by atoms with E-state index in [0.29, 0.717) is 17.6 Å². The minimum atomic E-state index is -0.635. The van der Waals surface area contributed by atoms with Crippen molar-refractivity contribution in [2.45, 2.75) is 50.5 Å². The maximum absolute atomic E-state index is 10.7. The number of hydrogen-bond acceptors (Lipinski definition) is 2. The highest BCUT2D eigenvalue weighted by Crippen LogP contribution is 2.48. The Balaban J connectivity index is 1.62. The van der Waals surface area contributed by atoms with Crippen LogP contribution in [0.2, 0.25) is 0 Å². The van der Waals surface area contributed by atoms with Gasteiger partial charge in [-0.05, 0) is 54.4 Å². The van der Waals surface area contributed by atoms with Gasteiger partial charge in [0.2, 0.25) is 0 Å². The monoisotopic (exact) mass is 282 g/mol. The molecular weight excluding hydrogens is 260 g/mol. The number of hydrogen-bond donors (Lipinski definition) is 1. The topological polar surface area (TPSA) is 33.4 Å². The Hall–Kier alpha value is -1.54. The van der Waals surface area contributed by atoms with Crippen molar-refractivity contribution in [2.24, 2.45) is 5.92 Å². The fraction of sp³-hybridized carbons (Fsp3) is 0.474. The molecular formula is C19H22O2. The fourth-order valence-corrected chi connectivity index (χ4v) is 3.44. The fourth-order valence-electron chi connectivity index (χ4n) is 3.44. The lowest BCUT2D eigenvalue weighted by atomic mass is 9.77. The molecule has 2 nitrogen and oxygen atoms in total. The van der Waals surface area contributed by atoms with E-state index in [-0.39, 0.29) is 0 Å². The van der Waals surface area contributed by atoms with E-state index in [9.17, 15) is 5.11 Å². The Bertz CT molecular complexity index is 639. The molecule has 0 bridgehead atoms. The predicted molar refractivity (Wildman–Crippen MR) is 82.3 cm³/mol. The molecule has 2 aliphatic rings. The van der Waals surface area contributed by atoms with Crippen LogP contribution < -0.4 is 0 Å². The Morgan fingerprint density at radius 1 is 1.14 bits per heavy atom. The molecule has 21 heavy (non-hydrogen) atoms. The van der Waals surface area contributed by atoms with Crippen LogP contribution in [0.3, 0.4) is 0 Å². The first kappa shape index (κ1) is 13.1. The van der Waals surface area contributed by atoms with Crippen LogP contribution in [-0.2, 0) is 0 Å². The second-order valence-electron chi connectivity index (χ2n) is 6.72. The number of aliphatic hydroxyl groups is 1. The van der Waals surface area contributed by atoms with Crippen LogP contribution in [0.5, 0.6) is 0 Å². The third-order valence-corrected chi connectivity index (χ3v) is 5.23. The van der Waals surface area contributed by atoms with E-state index in [0.717, 1.165) is 17.2 Å². The minimum Gasteiger partial charge on any atom is -0.463 e. The summed E-state index contributed by atoms with van der Waals surface area (Å²) in [6, 6.07) is 12.3. The average Bonchev–Trinajstić information content (AvgIpc) is 2.99. The van der Waals surface area contributed by atoms with Crippen molar-refractivity contribution in [3.8, 4) is 0 Å². The summed E-state index contributed by atoms with van der Waals surface area (Å²) in [5, 5.41) is 10.7. The molecule has 0 spiro atoms. The van der Waals surface area contributed by atoms with Crippen LogP contribution >= 0.6 is 0 Å². The molecule has 0 amide bonds. The van der Waals surface area contributed by atoms with Gasteiger partial charge in [0.25, 0.3) is 0 Å². The lowest BCUT2D eigenvalue weighted by Crippen LogP contribution is -2.13. The average molecular weight is 282 g/mol. The van der Waals surface area contributed by atoms with Crippen LogP contribution in [0.4, 0.5) is 0 Å². The van der Waals surface area contributed by atoms with Gasteiger partial charge in [0.15, 0.2) is 0 Å². The van der Waals surface area contributed by atoms with Gasteiger partial charge in [0.05, 0.1) is 0 Å². The van der Waals surface area contributed by atoms with E-state index >= 15 is 0 Å². The third-order valence-electron chi connectivity index (χ3n) is 5.23. The molecule has 3 unspecified atom stereocenters. The van der Waals surface area contributed by atoms with Crippen molar-refractivity contribution in [1.82, 2.24) is 0 Å². The first-order chi connectivity index (χ1) is 10.2. The summed E-state index contributed by atoms with van der Waals surface area (Å²) in [4.78, 5) is 0. The van der Waals surface area contributed by atoms with Crippen LogP contribution in [0, 0.1) is 5.92 Å². The highest BCUT2D eigenvalue weighted by atomic mass is 16.4. The molecule has 2 saturated carbocycles. The van der Waals surface area contributed by atoms with Crippen molar-refractivity contribution in [2.75, 3.05) is 0 Å². The van der Waals surface area contributed by atoms with Crippen molar-refractivity contribution in [3.63, 3.8) is 0 Å². The molecule has 0 radical (unpaired) electrons. The molecule has 2 aliphatic carbocycles. The second kappa shape index (κ2) is 5.03. The molecule has 2 heteroatoms. The van der Waals surface area contributed by atoms with Crippen molar-refractivity contribution >= 4 is 0 Å². The zero-order chi connectivity index (χ0) is 14.4. The number of benzene rings is 1.